The predicted octanol–water partition coefficient (Wildman–Crippen LogP) is 3.24. The number of hydrogen-bond acceptors (Lipinski definition) is 2. The molecule has 122 valence electrons. The minimum absolute atomic E-state index is 0.0753. The molecule has 3 aromatic rings. The van der Waals surface area contributed by atoms with Crippen LogP contribution in [0.1, 0.15) is 10.4 Å². The van der Waals surface area contributed by atoms with Gasteiger partial charge in [0.05, 0.1) is 7.05 Å². The molecule has 0 spiro atoms. The summed E-state index contributed by atoms with van der Waals surface area (Å²) in [5, 5.41) is 0.626. The van der Waals surface area contributed by atoms with Gasteiger partial charge in [-0.15, -0.1) is 0 Å². The van der Waals surface area contributed by atoms with E-state index in [2.05, 4.69) is 0 Å². The van der Waals surface area contributed by atoms with Crippen molar-refractivity contribution in [1.82, 2.24) is 4.57 Å². The van der Waals surface area contributed by atoms with Crippen molar-refractivity contribution in [3.05, 3.63) is 71.1 Å². The fourth-order valence-corrected chi connectivity index (χ4v) is 2.73. The summed E-state index contributed by atoms with van der Waals surface area (Å²) in [5.41, 5.74) is 8.31. The number of carbonyl (C=O) groups is 1. The Bertz CT molecular complexity index is 903. The lowest BCUT2D eigenvalue weighted by molar-refractivity contribution is -0.667. The number of ketones is 1. The third-order valence-electron chi connectivity index (χ3n) is 3.88. The summed E-state index contributed by atoms with van der Waals surface area (Å²) < 4.78 is 16.4. The normalized spacial score (nSPS) is 10.8. The molecule has 24 heavy (non-hydrogen) atoms. The second-order valence-corrected chi connectivity index (χ2v) is 5.94. The van der Waals surface area contributed by atoms with Gasteiger partial charge in [0.15, 0.2) is 5.78 Å². The molecule has 0 atom stereocenters. The lowest BCUT2D eigenvalue weighted by Crippen LogP contribution is -2.39. The number of imidazole rings is 1. The van der Waals surface area contributed by atoms with Gasteiger partial charge in [0.1, 0.15) is 24.3 Å². The number of anilines is 1. The van der Waals surface area contributed by atoms with Crippen molar-refractivity contribution in [3.8, 4) is 11.3 Å². The first-order valence-electron chi connectivity index (χ1n) is 7.35. The van der Waals surface area contributed by atoms with Crippen LogP contribution in [0.4, 0.5) is 10.3 Å². The minimum atomic E-state index is -0.373. The first-order valence-corrected chi connectivity index (χ1v) is 7.73. The minimum Gasteiger partial charge on any atom is -0.291 e. The van der Waals surface area contributed by atoms with Gasteiger partial charge >= 0.3 is 5.95 Å². The number of nitrogen functional groups attached to an aromatic ring is 1. The summed E-state index contributed by atoms with van der Waals surface area (Å²) in [4.78, 5) is 12.4. The van der Waals surface area contributed by atoms with E-state index in [4.69, 9.17) is 17.3 Å². The van der Waals surface area contributed by atoms with E-state index < -0.39 is 0 Å². The van der Waals surface area contributed by atoms with Crippen LogP contribution in [0, 0.1) is 5.82 Å². The van der Waals surface area contributed by atoms with Crippen LogP contribution in [-0.4, -0.2) is 10.4 Å². The summed E-state index contributed by atoms with van der Waals surface area (Å²) in [6.45, 7) is 0.0753. The topological polar surface area (TPSA) is 51.9 Å². The summed E-state index contributed by atoms with van der Waals surface area (Å²) >= 11 is 6.04. The third kappa shape index (κ3) is 3.16. The smallest absolute Gasteiger partial charge is 0.291 e. The quantitative estimate of drug-likeness (QED) is 0.583. The highest BCUT2D eigenvalue weighted by atomic mass is 35.5. The van der Waals surface area contributed by atoms with Gasteiger partial charge in [0, 0.05) is 16.1 Å². The Hall–Kier alpha value is -2.66. The predicted molar refractivity (Wildman–Crippen MR) is 91.2 cm³/mol. The zero-order valence-corrected chi connectivity index (χ0v) is 13.8. The Morgan fingerprint density at radius 3 is 2.62 bits per heavy atom. The fraction of sp³-hybridized carbons (Fsp3) is 0.111. The molecule has 1 aromatic heterocycles. The maximum atomic E-state index is 13.0. The van der Waals surface area contributed by atoms with Gasteiger partial charge < -0.3 is 0 Å². The van der Waals surface area contributed by atoms with Crippen LogP contribution in [0.15, 0.2) is 54.7 Å². The summed E-state index contributed by atoms with van der Waals surface area (Å²) in [7, 11) is 1.82. The largest absolute Gasteiger partial charge is 0.355 e. The molecule has 0 aliphatic carbocycles. The van der Waals surface area contributed by atoms with Gasteiger partial charge in [-0.1, -0.05) is 23.7 Å². The Morgan fingerprint density at radius 1 is 1.25 bits per heavy atom. The van der Waals surface area contributed by atoms with Crippen LogP contribution in [0.5, 0.6) is 0 Å². The number of nitrogens with two attached hydrogens (primary N) is 1. The van der Waals surface area contributed by atoms with E-state index in [1.807, 2.05) is 31.4 Å². The monoisotopic (exact) mass is 344 g/mol. The molecule has 0 fully saturated rings. The van der Waals surface area contributed by atoms with Crippen molar-refractivity contribution >= 4 is 23.3 Å². The summed E-state index contributed by atoms with van der Waals surface area (Å²) in [6.07, 6.45) is 1.81. The van der Waals surface area contributed by atoms with Gasteiger partial charge in [-0.2, -0.15) is 0 Å². The second-order valence-electron chi connectivity index (χ2n) is 5.50. The average molecular weight is 345 g/mol. The molecule has 0 unspecified atom stereocenters. The average Bonchev–Trinajstić information content (AvgIpc) is 2.84. The maximum absolute atomic E-state index is 13.0. The van der Waals surface area contributed by atoms with Crippen LogP contribution in [0.2, 0.25) is 5.02 Å². The zero-order chi connectivity index (χ0) is 17.3. The standard InChI is InChI=1S/C18H15ClFN3O/c1-22-16(13-3-2-4-14(19)9-13)10-23(18(22)21)11-17(24)12-5-7-15(20)8-6-12/h2-10,21H,11H2,1H3/p+1. The molecular formula is C18H16ClFN3O+. The Balaban J connectivity index is 1.91. The SMILES string of the molecule is Cn1c(-c2cccc(Cl)c2)c[n+](CC(=O)c2ccc(F)cc2)c1N. The highest BCUT2D eigenvalue weighted by Crippen LogP contribution is 2.23. The number of aromatic nitrogens is 2. The molecule has 1 heterocycles. The molecule has 6 heteroatoms. The number of nitrogens with zero attached hydrogens (tertiary/aromatic N) is 2. The third-order valence-corrected chi connectivity index (χ3v) is 4.11. The van der Waals surface area contributed by atoms with E-state index in [1.54, 1.807) is 15.2 Å². The van der Waals surface area contributed by atoms with Crippen LogP contribution in [-0.2, 0) is 13.6 Å². The molecule has 2 N–H and O–H groups in total. The van der Waals surface area contributed by atoms with Gasteiger partial charge in [0.2, 0.25) is 0 Å². The van der Waals surface area contributed by atoms with Crippen LogP contribution >= 0.6 is 11.6 Å². The molecule has 3 rings (SSSR count). The van der Waals surface area contributed by atoms with Crippen LogP contribution in [0.3, 0.4) is 0 Å². The highest BCUT2D eigenvalue weighted by molar-refractivity contribution is 6.30. The van der Waals surface area contributed by atoms with Gasteiger partial charge in [0.25, 0.3) is 0 Å². The number of benzene rings is 2. The molecule has 2 aromatic carbocycles. The van der Waals surface area contributed by atoms with Crippen LogP contribution in [0.25, 0.3) is 11.3 Å². The first-order chi connectivity index (χ1) is 11.5. The van der Waals surface area contributed by atoms with Crippen molar-refractivity contribution in [1.29, 1.82) is 0 Å². The molecular weight excluding hydrogens is 329 g/mol. The number of rotatable bonds is 4. The van der Waals surface area contributed by atoms with E-state index in [1.165, 1.54) is 24.3 Å². The molecule has 0 radical (unpaired) electrons. The lowest BCUT2D eigenvalue weighted by atomic mass is 10.1. The summed E-state index contributed by atoms with van der Waals surface area (Å²) in [6, 6.07) is 12.9. The Morgan fingerprint density at radius 2 is 1.96 bits per heavy atom. The van der Waals surface area contributed by atoms with E-state index in [9.17, 15) is 9.18 Å². The molecule has 0 bridgehead atoms. The van der Waals surface area contributed by atoms with Crippen molar-refractivity contribution in [2.45, 2.75) is 6.54 Å². The molecule has 0 aliphatic heterocycles. The molecule has 0 amide bonds. The molecule has 4 nitrogen and oxygen atoms in total. The summed E-state index contributed by atoms with van der Waals surface area (Å²) in [5.74, 6) is -0.0722. The maximum Gasteiger partial charge on any atom is 0.355 e. The van der Waals surface area contributed by atoms with Gasteiger partial charge in [-0.3, -0.25) is 10.5 Å². The molecule has 0 saturated heterocycles. The number of Topliss-reactive ketones (excluding diaryl/α,β-unsaturated/α-hetero) is 1. The van der Waals surface area contributed by atoms with Crippen molar-refractivity contribution in [3.63, 3.8) is 0 Å². The Kier molecular flexibility index (Phi) is 4.36. The van der Waals surface area contributed by atoms with E-state index in [0.29, 0.717) is 16.5 Å². The van der Waals surface area contributed by atoms with Gasteiger partial charge in [-0.25, -0.2) is 13.5 Å². The second kappa shape index (κ2) is 6.45. The molecule has 0 saturated carbocycles. The number of halogens is 2. The van der Waals surface area contributed by atoms with Crippen molar-refractivity contribution < 1.29 is 13.8 Å². The van der Waals surface area contributed by atoms with E-state index in [-0.39, 0.29) is 18.1 Å². The van der Waals surface area contributed by atoms with Crippen molar-refractivity contribution in [2.24, 2.45) is 7.05 Å². The van der Waals surface area contributed by atoms with Crippen LogP contribution < -0.4 is 10.3 Å². The van der Waals surface area contributed by atoms with Gasteiger partial charge in [-0.05, 0) is 36.4 Å². The molecule has 0 aliphatic rings. The number of carbonyl (C=O) groups excluding carboxylic acids is 1. The van der Waals surface area contributed by atoms with Crippen molar-refractivity contribution in [2.75, 3.05) is 5.73 Å². The van der Waals surface area contributed by atoms with E-state index >= 15 is 0 Å². The number of hydrogen-bond donors (Lipinski definition) is 1. The lowest BCUT2D eigenvalue weighted by Gasteiger charge is -2.00. The zero-order valence-electron chi connectivity index (χ0n) is 13.0. The fourth-order valence-electron chi connectivity index (χ4n) is 2.54. The van der Waals surface area contributed by atoms with E-state index in [0.717, 1.165) is 11.3 Å². The highest BCUT2D eigenvalue weighted by Gasteiger charge is 2.20. The first kappa shape index (κ1) is 16.2. The Labute approximate surface area is 143 Å².